The summed E-state index contributed by atoms with van der Waals surface area (Å²) in [6.45, 7) is 1.89. The van der Waals surface area contributed by atoms with Gasteiger partial charge in [0, 0.05) is 0 Å². The fourth-order valence-electron chi connectivity index (χ4n) is 2.46. The molecule has 0 N–H and O–H groups in total. The van der Waals surface area contributed by atoms with Crippen LogP contribution < -0.4 is 0 Å². The molecule has 1 saturated heterocycles. The zero-order valence-electron chi connectivity index (χ0n) is 7.61. The maximum atomic E-state index is 11.4. The second-order valence-corrected chi connectivity index (χ2v) is 3.77. The molecule has 0 spiro atoms. The van der Waals surface area contributed by atoms with Gasteiger partial charge in [-0.25, -0.2) is 0 Å². The third-order valence-corrected chi connectivity index (χ3v) is 3.12. The van der Waals surface area contributed by atoms with Gasteiger partial charge in [-0.05, 0) is 18.1 Å². The Bertz CT molecular complexity index is 451. The van der Waals surface area contributed by atoms with Gasteiger partial charge in [-0.2, -0.15) is 0 Å². The molecule has 70 valence electrons. The quantitative estimate of drug-likeness (QED) is 0.422. The molecule has 0 aromatic heterocycles. The lowest BCUT2D eigenvalue weighted by molar-refractivity contribution is -0.153. The monoisotopic (exact) mass is 188 g/mol. The Morgan fingerprint density at radius 2 is 1.93 bits per heavy atom. The van der Waals surface area contributed by atoms with E-state index in [2.05, 4.69) is 4.74 Å². The Labute approximate surface area is 80.7 Å². The fourth-order valence-corrected chi connectivity index (χ4v) is 2.46. The van der Waals surface area contributed by atoms with Crippen molar-refractivity contribution in [1.82, 2.24) is 0 Å². The van der Waals surface area contributed by atoms with Gasteiger partial charge in [0.05, 0.1) is 5.92 Å². The normalized spacial score (nSPS) is 33.4. The van der Waals surface area contributed by atoms with Crippen LogP contribution >= 0.6 is 0 Å². The summed E-state index contributed by atoms with van der Waals surface area (Å²) in [5.41, 5.74) is 2.96. The highest BCUT2D eigenvalue weighted by molar-refractivity contribution is 6.02. The molecule has 3 nitrogen and oxygen atoms in total. The van der Waals surface area contributed by atoms with Crippen LogP contribution in [0, 0.1) is 11.8 Å². The molecule has 14 heavy (non-hydrogen) atoms. The van der Waals surface area contributed by atoms with E-state index in [1.807, 2.05) is 25.2 Å². The lowest BCUT2D eigenvalue weighted by Gasteiger charge is -2.03. The maximum Gasteiger partial charge on any atom is 0.322 e. The fraction of sp³-hybridized carbons (Fsp3) is 0.273. The van der Waals surface area contributed by atoms with E-state index in [4.69, 9.17) is 0 Å². The summed E-state index contributed by atoms with van der Waals surface area (Å²) in [5, 5.41) is 0. The molecule has 3 aliphatic rings. The summed E-state index contributed by atoms with van der Waals surface area (Å²) in [5.74, 6) is -1.51. The largest absolute Gasteiger partial charge is 0.392 e. The molecule has 1 heterocycles. The lowest BCUT2D eigenvalue weighted by atomic mass is 9.92. The van der Waals surface area contributed by atoms with E-state index >= 15 is 0 Å². The van der Waals surface area contributed by atoms with Crippen molar-refractivity contribution in [3.63, 3.8) is 0 Å². The van der Waals surface area contributed by atoms with E-state index in [-0.39, 0.29) is 11.8 Å². The molecule has 0 unspecified atom stereocenters. The highest BCUT2D eigenvalue weighted by atomic mass is 16.6. The molecule has 2 aliphatic carbocycles. The number of hydrogen-bond acceptors (Lipinski definition) is 3. The van der Waals surface area contributed by atoms with E-state index in [0.29, 0.717) is 0 Å². The Hall–Kier alpha value is -1.64. The minimum Gasteiger partial charge on any atom is -0.392 e. The molecule has 3 rings (SSSR count). The number of allylic oxidation sites excluding steroid dienone is 4. The number of esters is 2. The van der Waals surface area contributed by atoms with Crippen molar-refractivity contribution >= 4 is 11.9 Å². The number of ether oxygens (including phenoxy) is 1. The molecule has 1 fully saturated rings. The van der Waals surface area contributed by atoms with Crippen LogP contribution in [-0.4, -0.2) is 11.9 Å². The SMILES string of the molecule is CC1=C2C=CC=C2[C@@H]2C(=O)OC(=O)[C@H]12. The van der Waals surface area contributed by atoms with Crippen molar-refractivity contribution in [2.24, 2.45) is 11.8 Å². The summed E-state index contributed by atoms with van der Waals surface area (Å²) in [6.07, 6.45) is 5.74. The molecule has 1 aliphatic heterocycles. The number of hydrogen-bond donors (Lipinski definition) is 0. The predicted molar refractivity (Wildman–Crippen MR) is 48.0 cm³/mol. The van der Waals surface area contributed by atoms with E-state index in [0.717, 1.165) is 16.7 Å². The van der Waals surface area contributed by atoms with Gasteiger partial charge in [0.1, 0.15) is 5.92 Å². The number of rotatable bonds is 0. The Kier molecular flexibility index (Phi) is 1.23. The first-order valence-electron chi connectivity index (χ1n) is 4.55. The van der Waals surface area contributed by atoms with Crippen molar-refractivity contribution < 1.29 is 14.3 Å². The minimum atomic E-state index is -0.399. The van der Waals surface area contributed by atoms with Crippen molar-refractivity contribution in [2.45, 2.75) is 6.92 Å². The highest BCUT2D eigenvalue weighted by Gasteiger charge is 2.52. The van der Waals surface area contributed by atoms with Crippen LogP contribution in [0.25, 0.3) is 0 Å². The zero-order chi connectivity index (χ0) is 9.87. The van der Waals surface area contributed by atoms with Crippen molar-refractivity contribution in [1.29, 1.82) is 0 Å². The molecule has 3 heteroatoms. The van der Waals surface area contributed by atoms with E-state index in [9.17, 15) is 9.59 Å². The van der Waals surface area contributed by atoms with Crippen molar-refractivity contribution in [3.05, 3.63) is 34.9 Å². The van der Waals surface area contributed by atoms with Crippen LogP contribution in [0.1, 0.15) is 6.92 Å². The average Bonchev–Trinajstić information content (AvgIpc) is 2.72. The van der Waals surface area contributed by atoms with Crippen LogP contribution in [0.15, 0.2) is 34.9 Å². The predicted octanol–water partition coefficient (Wildman–Crippen LogP) is 1.13. The second-order valence-electron chi connectivity index (χ2n) is 3.77. The Morgan fingerprint density at radius 1 is 1.21 bits per heavy atom. The van der Waals surface area contributed by atoms with Crippen LogP contribution in [0.5, 0.6) is 0 Å². The number of fused-ring (bicyclic) bond motifs is 3. The summed E-state index contributed by atoms with van der Waals surface area (Å²) >= 11 is 0. The van der Waals surface area contributed by atoms with Crippen molar-refractivity contribution in [3.8, 4) is 0 Å². The number of cyclic esters (lactones) is 2. The van der Waals surface area contributed by atoms with Crippen LogP contribution in [0.2, 0.25) is 0 Å². The minimum absolute atomic E-state index is 0.353. The van der Waals surface area contributed by atoms with Crippen molar-refractivity contribution in [2.75, 3.05) is 0 Å². The first kappa shape index (κ1) is 7.74. The third kappa shape index (κ3) is 0.687. The molecule has 2 atom stereocenters. The molecule has 0 bridgehead atoms. The van der Waals surface area contributed by atoms with Crippen LogP contribution in [0.3, 0.4) is 0 Å². The van der Waals surface area contributed by atoms with Crippen LogP contribution in [0.4, 0.5) is 0 Å². The van der Waals surface area contributed by atoms with E-state index in [1.54, 1.807) is 0 Å². The molecule has 0 aromatic carbocycles. The van der Waals surface area contributed by atoms with Crippen LogP contribution in [-0.2, 0) is 14.3 Å². The highest BCUT2D eigenvalue weighted by Crippen LogP contribution is 2.48. The molecule has 0 amide bonds. The molecular weight excluding hydrogens is 180 g/mol. The summed E-state index contributed by atoms with van der Waals surface area (Å²) in [7, 11) is 0. The number of carbonyl (C=O) groups excluding carboxylic acids is 2. The smallest absolute Gasteiger partial charge is 0.322 e. The maximum absolute atomic E-state index is 11.4. The van der Waals surface area contributed by atoms with Gasteiger partial charge in [-0.15, -0.1) is 0 Å². The van der Waals surface area contributed by atoms with Gasteiger partial charge in [0.15, 0.2) is 0 Å². The van der Waals surface area contributed by atoms with E-state index < -0.39 is 11.9 Å². The average molecular weight is 188 g/mol. The second kappa shape index (κ2) is 2.23. The molecular formula is C11H8O3. The standard InChI is InChI=1S/C11H8O3/c1-5-6-3-2-4-7(6)9-8(5)10(12)14-11(9)13/h2-4,8-9H,1H3/t8-,9+/m1/s1. The molecule has 0 aromatic rings. The van der Waals surface area contributed by atoms with Gasteiger partial charge in [0.25, 0.3) is 0 Å². The number of carbonyl (C=O) groups is 2. The summed E-state index contributed by atoms with van der Waals surface area (Å²) in [4.78, 5) is 22.8. The van der Waals surface area contributed by atoms with Gasteiger partial charge in [-0.3, -0.25) is 9.59 Å². The van der Waals surface area contributed by atoms with E-state index in [1.165, 1.54) is 0 Å². The summed E-state index contributed by atoms with van der Waals surface area (Å²) in [6, 6.07) is 0. The van der Waals surface area contributed by atoms with Gasteiger partial charge in [-0.1, -0.05) is 23.8 Å². The first-order valence-corrected chi connectivity index (χ1v) is 4.55. The zero-order valence-corrected chi connectivity index (χ0v) is 7.61. The third-order valence-electron chi connectivity index (χ3n) is 3.12. The molecule has 0 radical (unpaired) electrons. The topological polar surface area (TPSA) is 43.4 Å². The van der Waals surface area contributed by atoms with Gasteiger partial charge >= 0.3 is 11.9 Å². The summed E-state index contributed by atoms with van der Waals surface area (Å²) < 4.78 is 4.63. The van der Waals surface area contributed by atoms with Gasteiger partial charge in [0.2, 0.25) is 0 Å². The Morgan fingerprint density at radius 3 is 2.71 bits per heavy atom. The Balaban J connectivity index is 2.20. The first-order chi connectivity index (χ1) is 6.70. The molecule has 0 saturated carbocycles. The van der Waals surface area contributed by atoms with Gasteiger partial charge < -0.3 is 4.74 Å². The lowest BCUT2D eigenvalue weighted by Crippen LogP contribution is -2.14.